The minimum atomic E-state index is -0.0787. The minimum absolute atomic E-state index is 0.0165. The van der Waals surface area contributed by atoms with E-state index in [1.54, 1.807) is 6.07 Å². The molecule has 0 radical (unpaired) electrons. The number of hydrogen-bond acceptors (Lipinski definition) is 3. The van der Waals surface area contributed by atoms with Crippen LogP contribution in [0.5, 0.6) is 0 Å². The molecule has 1 heterocycles. The van der Waals surface area contributed by atoms with Gasteiger partial charge in [0, 0.05) is 10.6 Å². The molecule has 0 aliphatic carbocycles. The molecule has 25 heavy (non-hydrogen) atoms. The lowest BCUT2D eigenvalue weighted by molar-refractivity contribution is -0.115. The monoisotopic (exact) mass is 348 g/mol. The predicted molar refractivity (Wildman–Crippen MR) is 102 cm³/mol. The van der Waals surface area contributed by atoms with Crippen LogP contribution in [0.2, 0.25) is 0 Å². The standard InChI is InChI=1S/C20H16N2O2S/c23-19(10-13-5-6-14-3-1-2-4-15(14)9-13)21-16-7-8-18-17(11-16)22-20(24)12-25-18/h1-9,11H,10,12H2,(H,21,23)(H,22,24). The maximum absolute atomic E-state index is 12.3. The molecule has 0 saturated heterocycles. The van der Waals surface area contributed by atoms with E-state index in [-0.39, 0.29) is 11.8 Å². The zero-order valence-corrected chi connectivity index (χ0v) is 14.2. The van der Waals surface area contributed by atoms with Crippen molar-refractivity contribution in [3.63, 3.8) is 0 Å². The number of fused-ring (bicyclic) bond motifs is 2. The van der Waals surface area contributed by atoms with Crippen molar-refractivity contribution in [3.05, 3.63) is 66.2 Å². The summed E-state index contributed by atoms with van der Waals surface area (Å²) in [6.07, 6.45) is 0.309. The third-order valence-corrected chi connectivity index (χ3v) is 5.15. The van der Waals surface area contributed by atoms with Crippen LogP contribution in [-0.4, -0.2) is 17.6 Å². The largest absolute Gasteiger partial charge is 0.326 e. The molecule has 1 aliphatic rings. The lowest BCUT2D eigenvalue weighted by atomic mass is 10.0. The van der Waals surface area contributed by atoms with E-state index >= 15 is 0 Å². The van der Waals surface area contributed by atoms with Gasteiger partial charge >= 0.3 is 0 Å². The summed E-state index contributed by atoms with van der Waals surface area (Å²) in [5, 5.41) is 8.02. The van der Waals surface area contributed by atoms with Crippen LogP contribution in [-0.2, 0) is 16.0 Å². The van der Waals surface area contributed by atoms with Crippen LogP contribution in [0.25, 0.3) is 10.8 Å². The van der Waals surface area contributed by atoms with Crippen LogP contribution < -0.4 is 10.6 Å². The Kier molecular flexibility index (Phi) is 4.15. The highest BCUT2D eigenvalue weighted by Crippen LogP contribution is 2.33. The van der Waals surface area contributed by atoms with Gasteiger partial charge in [-0.1, -0.05) is 42.5 Å². The Morgan fingerprint density at radius 2 is 1.88 bits per heavy atom. The first kappa shape index (κ1) is 15.7. The molecule has 0 saturated carbocycles. The van der Waals surface area contributed by atoms with Crippen molar-refractivity contribution >= 4 is 45.7 Å². The maximum Gasteiger partial charge on any atom is 0.234 e. The Morgan fingerprint density at radius 3 is 2.76 bits per heavy atom. The Balaban J connectivity index is 1.48. The smallest absolute Gasteiger partial charge is 0.234 e. The predicted octanol–water partition coefficient (Wildman–Crippen LogP) is 4.07. The average molecular weight is 348 g/mol. The highest BCUT2D eigenvalue weighted by Gasteiger charge is 2.16. The van der Waals surface area contributed by atoms with Crippen LogP contribution in [0, 0.1) is 0 Å². The van der Waals surface area contributed by atoms with Gasteiger partial charge in [0.15, 0.2) is 0 Å². The molecule has 0 unspecified atom stereocenters. The van der Waals surface area contributed by atoms with Crippen LogP contribution in [0.3, 0.4) is 0 Å². The SMILES string of the molecule is O=C(Cc1ccc2ccccc2c1)Nc1ccc2c(c1)NC(=O)CS2. The summed E-state index contributed by atoms with van der Waals surface area (Å²) in [4.78, 5) is 24.9. The van der Waals surface area contributed by atoms with Gasteiger partial charge in [-0.15, -0.1) is 11.8 Å². The van der Waals surface area contributed by atoms with Gasteiger partial charge in [0.1, 0.15) is 0 Å². The molecule has 0 aromatic heterocycles. The van der Waals surface area contributed by atoms with Crippen molar-refractivity contribution in [2.75, 3.05) is 16.4 Å². The number of thioether (sulfide) groups is 1. The van der Waals surface area contributed by atoms with Gasteiger partial charge in [0.05, 0.1) is 17.9 Å². The van der Waals surface area contributed by atoms with Crippen LogP contribution in [0.1, 0.15) is 5.56 Å². The first-order valence-corrected chi connectivity index (χ1v) is 9.00. The van der Waals surface area contributed by atoms with Gasteiger partial charge in [-0.2, -0.15) is 0 Å². The molecular weight excluding hydrogens is 332 g/mol. The first-order chi connectivity index (χ1) is 12.2. The molecule has 3 aromatic carbocycles. The third kappa shape index (κ3) is 3.51. The Morgan fingerprint density at radius 1 is 1.04 bits per heavy atom. The van der Waals surface area contributed by atoms with E-state index in [4.69, 9.17) is 0 Å². The summed E-state index contributed by atoms with van der Waals surface area (Å²) in [6, 6.07) is 19.7. The van der Waals surface area contributed by atoms with Crippen LogP contribution in [0.4, 0.5) is 11.4 Å². The fraction of sp³-hybridized carbons (Fsp3) is 0.100. The van der Waals surface area contributed by atoms with E-state index in [9.17, 15) is 9.59 Å². The number of hydrogen-bond donors (Lipinski definition) is 2. The molecule has 3 aromatic rings. The highest BCUT2D eigenvalue weighted by atomic mass is 32.2. The van der Waals surface area contributed by atoms with Crippen molar-refractivity contribution in [1.82, 2.24) is 0 Å². The summed E-state index contributed by atoms with van der Waals surface area (Å²) in [5.41, 5.74) is 2.41. The number of carbonyl (C=O) groups is 2. The molecule has 0 fully saturated rings. The van der Waals surface area contributed by atoms with E-state index in [2.05, 4.69) is 16.7 Å². The van der Waals surface area contributed by atoms with Gasteiger partial charge in [0.2, 0.25) is 11.8 Å². The quantitative estimate of drug-likeness (QED) is 0.750. The van der Waals surface area contributed by atoms with Crippen molar-refractivity contribution in [1.29, 1.82) is 0 Å². The fourth-order valence-corrected chi connectivity index (χ4v) is 3.69. The lowest BCUT2D eigenvalue weighted by Gasteiger charge is -2.17. The van der Waals surface area contributed by atoms with Crippen molar-refractivity contribution in [2.45, 2.75) is 11.3 Å². The van der Waals surface area contributed by atoms with Crippen molar-refractivity contribution in [2.24, 2.45) is 0 Å². The molecule has 0 atom stereocenters. The van der Waals surface area contributed by atoms with E-state index in [1.165, 1.54) is 11.8 Å². The molecule has 124 valence electrons. The normalized spacial score (nSPS) is 13.2. The van der Waals surface area contributed by atoms with Crippen molar-refractivity contribution < 1.29 is 9.59 Å². The first-order valence-electron chi connectivity index (χ1n) is 8.02. The topological polar surface area (TPSA) is 58.2 Å². The second-order valence-electron chi connectivity index (χ2n) is 5.95. The van der Waals surface area contributed by atoms with Gasteiger partial charge < -0.3 is 10.6 Å². The second kappa shape index (κ2) is 6.61. The molecule has 0 bridgehead atoms. The number of amides is 2. The Hall–Kier alpha value is -2.79. The summed E-state index contributed by atoms with van der Waals surface area (Å²) < 4.78 is 0. The number of rotatable bonds is 3. The Bertz CT molecular complexity index is 984. The average Bonchev–Trinajstić information content (AvgIpc) is 2.61. The molecule has 5 heteroatoms. The zero-order valence-electron chi connectivity index (χ0n) is 13.4. The maximum atomic E-state index is 12.3. The number of anilines is 2. The van der Waals surface area contributed by atoms with Crippen molar-refractivity contribution in [3.8, 4) is 0 Å². The third-order valence-electron chi connectivity index (χ3n) is 4.07. The molecular formula is C20H16N2O2S. The van der Waals surface area contributed by atoms with E-state index in [0.29, 0.717) is 17.9 Å². The summed E-state index contributed by atoms with van der Waals surface area (Å²) in [5.74, 6) is 0.336. The van der Waals surface area contributed by atoms with E-state index in [1.807, 2.05) is 48.5 Å². The fourth-order valence-electron chi connectivity index (χ4n) is 2.90. The van der Waals surface area contributed by atoms with Gasteiger partial charge in [-0.3, -0.25) is 9.59 Å². The number of carbonyl (C=O) groups excluding carboxylic acids is 2. The second-order valence-corrected chi connectivity index (χ2v) is 6.97. The summed E-state index contributed by atoms with van der Waals surface area (Å²) >= 11 is 1.50. The molecule has 4 nitrogen and oxygen atoms in total. The summed E-state index contributed by atoms with van der Waals surface area (Å²) in [6.45, 7) is 0. The molecule has 4 rings (SSSR count). The van der Waals surface area contributed by atoms with Crippen LogP contribution >= 0.6 is 11.8 Å². The van der Waals surface area contributed by atoms with E-state index in [0.717, 1.165) is 26.9 Å². The summed E-state index contributed by atoms with van der Waals surface area (Å²) in [7, 11) is 0. The van der Waals surface area contributed by atoms with Gasteiger partial charge in [-0.05, 0) is 34.5 Å². The lowest BCUT2D eigenvalue weighted by Crippen LogP contribution is -2.19. The number of nitrogens with one attached hydrogen (secondary N) is 2. The van der Waals surface area contributed by atoms with Crippen LogP contribution in [0.15, 0.2) is 65.6 Å². The molecule has 0 spiro atoms. The van der Waals surface area contributed by atoms with Gasteiger partial charge in [-0.25, -0.2) is 0 Å². The molecule has 2 N–H and O–H groups in total. The van der Waals surface area contributed by atoms with Gasteiger partial charge in [0.25, 0.3) is 0 Å². The Labute approximate surface area is 149 Å². The minimum Gasteiger partial charge on any atom is -0.326 e. The molecule has 1 aliphatic heterocycles. The van der Waals surface area contributed by atoms with E-state index < -0.39 is 0 Å². The zero-order chi connectivity index (χ0) is 17.2. The molecule has 2 amide bonds. The highest BCUT2D eigenvalue weighted by molar-refractivity contribution is 8.00. The number of benzene rings is 3.